The van der Waals surface area contributed by atoms with Crippen molar-refractivity contribution >= 4 is 24.2 Å². The number of rotatable bonds is 3. The minimum atomic E-state index is 0. The van der Waals surface area contributed by atoms with Gasteiger partial charge in [0, 0.05) is 24.5 Å². The molecule has 2 aliphatic rings. The molecule has 0 atom stereocenters. The summed E-state index contributed by atoms with van der Waals surface area (Å²) in [6, 6.07) is 8.67. The molecule has 0 unspecified atom stereocenters. The largest absolute Gasteiger partial charge is 0.339 e. The minimum Gasteiger partial charge on any atom is -0.339 e. The normalized spacial score (nSPS) is 16.1. The van der Waals surface area contributed by atoms with Crippen molar-refractivity contribution in [2.45, 2.75) is 6.42 Å². The fourth-order valence-corrected chi connectivity index (χ4v) is 2.68. The van der Waals surface area contributed by atoms with Crippen molar-refractivity contribution in [1.82, 2.24) is 4.90 Å². The van der Waals surface area contributed by atoms with Crippen LogP contribution < -0.4 is 4.90 Å². The van der Waals surface area contributed by atoms with Gasteiger partial charge in [-0.15, -0.1) is 12.4 Å². The number of hydrogen-bond donors (Lipinski definition) is 0. The molecule has 2 nitrogen and oxygen atoms in total. The van der Waals surface area contributed by atoms with E-state index in [4.69, 9.17) is 0 Å². The van der Waals surface area contributed by atoms with Crippen LogP contribution in [0.15, 0.2) is 53.8 Å². The predicted molar refractivity (Wildman–Crippen MR) is 89.4 cm³/mol. The first-order chi connectivity index (χ1) is 9.25. The third-order valence-corrected chi connectivity index (χ3v) is 3.68. The van der Waals surface area contributed by atoms with Gasteiger partial charge >= 0.3 is 0 Å². The smallest absolute Gasteiger partial charge is 0.0484 e. The number of hydrogen-bond acceptors (Lipinski definition) is 2. The van der Waals surface area contributed by atoms with Gasteiger partial charge in [0.15, 0.2) is 0 Å². The van der Waals surface area contributed by atoms with E-state index in [-0.39, 0.29) is 12.4 Å². The van der Waals surface area contributed by atoms with Crippen LogP contribution in [-0.2, 0) is 0 Å². The fourth-order valence-electron chi connectivity index (χ4n) is 2.68. The van der Waals surface area contributed by atoms with E-state index in [0.717, 1.165) is 19.5 Å². The molecule has 3 rings (SSSR count). The van der Waals surface area contributed by atoms with Gasteiger partial charge in [-0.3, -0.25) is 0 Å². The second-order valence-electron chi connectivity index (χ2n) is 5.37. The standard InChI is InChI=1S/C17H20N2.ClH/c1-18(2)11-12-19-16-9-5-3-7-14(16)13-15-8-4-6-10-17(15)19;/h3-7,9-10,13H,8,11-12H2,1-2H3;1H. The van der Waals surface area contributed by atoms with E-state index in [2.05, 4.69) is 72.5 Å². The SMILES string of the molecule is CN(C)CCN1C2=CC=CCC2=Cc2ccccc21.Cl. The molecule has 106 valence electrons. The summed E-state index contributed by atoms with van der Waals surface area (Å²) in [4.78, 5) is 4.69. The number of anilines is 1. The summed E-state index contributed by atoms with van der Waals surface area (Å²) in [5.74, 6) is 0. The Hall–Kier alpha value is -1.51. The van der Waals surface area contributed by atoms with Gasteiger partial charge in [-0.1, -0.05) is 30.4 Å². The van der Waals surface area contributed by atoms with Gasteiger partial charge in [0.05, 0.1) is 0 Å². The second kappa shape index (κ2) is 6.29. The second-order valence-corrected chi connectivity index (χ2v) is 5.37. The van der Waals surface area contributed by atoms with Gasteiger partial charge in [-0.05, 0) is 49.9 Å². The van der Waals surface area contributed by atoms with Crippen molar-refractivity contribution in [2.75, 3.05) is 32.1 Å². The molecule has 0 amide bonds. The van der Waals surface area contributed by atoms with Crippen LogP contribution >= 0.6 is 12.4 Å². The van der Waals surface area contributed by atoms with Crippen LogP contribution in [-0.4, -0.2) is 32.1 Å². The number of likely N-dealkylation sites (N-methyl/N-ethyl adjacent to an activating group) is 1. The van der Waals surface area contributed by atoms with E-state index in [1.165, 1.54) is 22.5 Å². The summed E-state index contributed by atoms with van der Waals surface area (Å²) in [6.07, 6.45) is 10.0. The monoisotopic (exact) mass is 288 g/mol. The Labute approximate surface area is 127 Å². The minimum absolute atomic E-state index is 0. The summed E-state index contributed by atoms with van der Waals surface area (Å²) in [5.41, 5.74) is 5.46. The molecule has 0 bridgehead atoms. The molecule has 3 heteroatoms. The van der Waals surface area contributed by atoms with Crippen molar-refractivity contribution in [3.05, 3.63) is 59.3 Å². The maximum Gasteiger partial charge on any atom is 0.0484 e. The Morgan fingerprint density at radius 2 is 2.00 bits per heavy atom. The van der Waals surface area contributed by atoms with E-state index < -0.39 is 0 Å². The van der Waals surface area contributed by atoms with Crippen molar-refractivity contribution in [1.29, 1.82) is 0 Å². The molecule has 1 aliphatic carbocycles. The summed E-state index contributed by atoms with van der Waals surface area (Å²) in [6.45, 7) is 2.09. The Balaban J connectivity index is 0.00000147. The van der Waals surface area contributed by atoms with Crippen LogP contribution in [0.25, 0.3) is 6.08 Å². The lowest BCUT2D eigenvalue weighted by atomic mass is 9.94. The Kier molecular flexibility index (Phi) is 4.69. The van der Waals surface area contributed by atoms with Crippen molar-refractivity contribution < 1.29 is 0 Å². The molecule has 0 saturated heterocycles. The summed E-state index contributed by atoms with van der Waals surface area (Å²) in [5, 5.41) is 0. The highest BCUT2D eigenvalue weighted by atomic mass is 35.5. The average Bonchev–Trinajstić information content (AvgIpc) is 2.43. The molecule has 0 radical (unpaired) electrons. The summed E-state index contributed by atoms with van der Waals surface area (Å²) < 4.78 is 0. The molecule has 0 fully saturated rings. The van der Waals surface area contributed by atoms with Crippen LogP contribution in [0.1, 0.15) is 12.0 Å². The number of halogens is 1. The van der Waals surface area contributed by atoms with Crippen molar-refractivity contribution in [3.63, 3.8) is 0 Å². The van der Waals surface area contributed by atoms with Crippen LogP contribution in [0.4, 0.5) is 5.69 Å². The number of fused-ring (bicyclic) bond motifs is 2. The highest BCUT2D eigenvalue weighted by molar-refractivity contribution is 5.85. The third-order valence-electron chi connectivity index (χ3n) is 3.68. The highest BCUT2D eigenvalue weighted by Crippen LogP contribution is 2.37. The molecule has 1 aromatic carbocycles. The predicted octanol–water partition coefficient (Wildman–Crippen LogP) is 3.72. The van der Waals surface area contributed by atoms with Gasteiger partial charge in [-0.2, -0.15) is 0 Å². The quantitative estimate of drug-likeness (QED) is 0.836. The van der Waals surface area contributed by atoms with Gasteiger partial charge in [0.2, 0.25) is 0 Å². The van der Waals surface area contributed by atoms with Crippen LogP contribution in [0.3, 0.4) is 0 Å². The molecule has 0 aromatic heterocycles. The van der Waals surface area contributed by atoms with Gasteiger partial charge in [0.1, 0.15) is 0 Å². The van der Waals surface area contributed by atoms with Crippen LogP contribution in [0, 0.1) is 0 Å². The molecule has 1 aromatic rings. The first kappa shape index (κ1) is 14.9. The Bertz CT molecular complexity index is 570. The molecular weight excluding hydrogens is 268 g/mol. The molecule has 0 spiro atoms. The van der Waals surface area contributed by atoms with E-state index in [9.17, 15) is 0 Å². The zero-order chi connectivity index (χ0) is 13.2. The van der Waals surface area contributed by atoms with E-state index in [1.54, 1.807) is 0 Å². The molecular formula is C17H21ClN2. The zero-order valence-electron chi connectivity index (χ0n) is 12.0. The van der Waals surface area contributed by atoms with E-state index in [1.807, 2.05) is 0 Å². The summed E-state index contributed by atoms with van der Waals surface area (Å²) in [7, 11) is 4.25. The van der Waals surface area contributed by atoms with Gasteiger partial charge < -0.3 is 9.80 Å². The summed E-state index contributed by atoms with van der Waals surface area (Å²) >= 11 is 0. The van der Waals surface area contributed by atoms with Crippen molar-refractivity contribution in [2.24, 2.45) is 0 Å². The van der Waals surface area contributed by atoms with Gasteiger partial charge in [-0.25, -0.2) is 0 Å². The lowest BCUT2D eigenvalue weighted by molar-refractivity contribution is 0.417. The Morgan fingerprint density at radius 3 is 2.80 bits per heavy atom. The first-order valence-corrected chi connectivity index (χ1v) is 6.85. The molecule has 0 N–H and O–H groups in total. The van der Waals surface area contributed by atoms with Crippen molar-refractivity contribution in [3.8, 4) is 0 Å². The first-order valence-electron chi connectivity index (χ1n) is 6.85. The molecule has 0 saturated carbocycles. The number of allylic oxidation sites excluding steroid dienone is 4. The third kappa shape index (κ3) is 2.82. The highest BCUT2D eigenvalue weighted by Gasteiger charge is 2.22. The molecule has 20 heavy (non-hydrogen) atoms. The fraction of sp³-hybridized carbons (Fsp3) is 0.294. The number of para-hydroxylation sites is 1. The molecule has 1 heterocycles. The number of benzene rings is 1. The van der Waals surface area contributed by atoms with Crippen LogP contribution in [0.5, 0.6) is 0 Å². The van der Waals surface area contributed by atoms with E-state index >= 15 is 0 Å². The maximum atomic E-state index is 2.45. The Morgan fingerprint density at radius 1 is 1.20 bits per heavy atom. The zero-order valence-corrected chi connectivity index (χ0v) is 12.9. The topological polar surface area (TPSA) is 6.48 Å². The van der Waals surface area contributed by atoms with Gasteiger partial charge in [0.25, 0.3) is 0 Å². The van der Waals surface area contributed by atoms with Crippen LogP contribution in [0.2, 0.25) is 0 Å². The van der Waals surface area contributed by atoms with E-state index in [0.29, 0.717) is 0 Å². The number of nitrogens with zero attached hydrogens (tertiary/aromatic N) is 2. The lowest BCUT2D eigenvalue weighted by Gasteiger charge is -2.35. The lowest BCUT2D eigenvalue weighted by Crippen LogP contribution is -2.34. The maximum absolute atomic E-state index is 2.45. The molecule has 1 aliphatic heterocycles. The average molecular weight is 289 g/mol.